The maximum absolute atomic E-state index is 6.08. The predicted octanol–water partition coefficient (Wildman–Crippen LogP) is 2.29. The summed E-state index contributed by atoms with van der Waals surface area (Å²) in [5, 5.41) is 0.855. The number of nitrogens with zero attached hydrogens (tertiary/aromatic N) is 1. The van der Waals surface area contributed by atoms with Gasteiger partial charge in [-0.25, -0.2) is 0 Å². The van der Waals surface area contributed by atoms with E-state index >= 15 is 0 Å². The normalized spacial score (nSPS) is 21.3. The van der Waals surface area contributed by atoms with Crippen molar-refractivity contribution < 1.29 is 0 Å². The molecule has 4 heteroatoms. The third kappa shape index (κ3) is 3.35. The zero-order valence-corrected chi connectivity index (χ0v) is 10.1. The van der Waals surface area contributed by atoms with Crippen molar-refractivity contribution in [3.63, 3.8) is 0 Å². The molecule has 1 fully saturated rings. The Labute approximate surface area is 102 Å². The lowest BCUT2D eigenvalue weighted by atomic mass is 10.2. The van der Waals surface area contributed by atoms with Crippen molar-refractivity contribution in [2.45, 2.75) is 19.0 Å². The Hall–Kier alpha value is -0.280. The van der Waals surface area contributed by atoms with Crippen LogP contribution < -0.4 is 5.73 Å². The molecule has 2 nitrogen and oxygen atoms in total. The standard InChI is InChI=1S/C11H15ClN2.ClH/c12-11-4-2-1-3-9(11)7-14-6-5-10(13)8-14;/h1-4,10H,5-8,13H2;1H. The van der Waals surface area contributed by atoms with E-state index in [-0.39, 0.29) is 12.4 Å². The van der Waals surface area contributed by atoms with E-state index in [0.29, 0.717) is 6.04 Å². The van der Waals surface area contributed by atoms with Crippen LogP contribution in [0.5, 0.6) is 0 Å². The van der Waals surface area contributed by atoms with Gasteiger partial charge in [0.05, 0.1) is 0 Å². The number of rotatable bonds is 2. The van der Waals surface area contributed by atoms with E-state index in [2.05, 4.69) is 11.0 Å². The molecule has 1 aliphatic heterocycles. The van der Waals surface area contributed by atoms with Crippen molar-refractivity contribution in [3.05, 3.63) is 34.9 Å². The largest absolute Gasteiger partial charge is 0.326 e. The van der Waals surface area contributed by atoms with Gasteiger partial charge in [0.2, 0.25) is 0 Å². The van der Waals surface area contributed by atoms with Gasteiger partial charge in [-0.2, -0.15) is 0 Å². The molecule has 1 atom stereocenters. The summed E-state index contributed by atoms with van der Waals surface area (Å²) in [7, 11) is 0. The van der Waals surface area contributed by atoms with Crippen LogP contribution >= 0.6 is 24.0 Å². The van der Waals surface area contributed by atoms with Gasteiger partial charge in [-0.1, -0.05) is 29.8 Å². The molecule has 1 aromatic carbocycles. The number of hydrogen-bond acceptors (Lipinski definition) is 2. The van der Waals surface area contributed by atoms with E-state index in [1.807, 2.05) is 18.2 Å². The summed E-state index contributed by atoms with van der Waals surface area (Å²) in [6.45, 7) is 3.00. The summed E-state index contributed by atoms with van der Waals surface area (Å²) in [5.41, 5.74) is 7.04. The predicted molar refractivity (Wildman–Crippen MR) is 66.6 cm³/mol. The first kappa shape index (κ1) is 12.8. The molecular weight excluding hydrogens is 231 g/mol. The van der Waals surface area contributed by atoms with Crippen LogP contribution in [0.4, 0.5) is 0 Å². The molecule has 2 rings (SSSR count). The fraction of sp³-hybridized carbons (Fsp3) is 0.455. The third-order valence-corrected chi connectivity index (χ3v) is 3.03. The molecule has 15 heavy (non-hydrogen) atoms. The number of halogens is 2. The van der Waals surface area contributed by atoms with E-state index in [4.69, 9.17) is 17.3 Å². The molecule has 0 radical (unpaired) electrons. The second kappa shape index (κ2) is 5.71. The van der Waals surface area contributed by atoms with Gasteiger partial charge in [0.15, 0.2) is 0 Å². The minimum Gasteiger partial charge on any atom is -0.326 e. The highest BCUT2D eigenvalue weighted by molar-refractivity contribution is 6.31. The number of likely N-dealkylation sites (tertiary alicyclic amines) is 1. The van der Waals surface area contributed by atoms with E-state index < -0.39 is 0 Å². The Morgan fingerprint density at radius 3 is 2.73 bits per heavy atom. The zero-order valence-electron chi connectivity index (χ0n) is 8.53. The summed E-state index contributed by atoms with van der Waals surface area (Å²) < 4.78 is 0. The first-order chi connectivity index (χ1) is 6.75. The molecule has 0 bridgehead atoms. The van der Waals surface area contributed by atoms with Crippen LogP contribution in [-0.2, 0) is 6.54 Å². The average molecular weight is 247 g/mol. The summed E-state index contributed by atoms with van der Waals surface area (Å²) in [5.74, 6) is 0. The van der Waals surface area contributed by atoms with Crippen LogP contribution in [0.3, 0.4) is 0 Å². The minimum atomic E-state index is 0. The lowest BCUT2D eigenvalue weighted by Gasteiger charge is -2.15. The van der Waals surface area contributed by atoms with Crippen molar-refractivity contribution in [3.8, 4) is 0 Å². The quantitative estimate of drug-likeness (QED) is 0.868. The highest BCUT2D eigenvalue weighted by Gasteiger charge is 2.19. The second-order valence-electron chi connectivity index (χ2n) is 3.88. The van der Waals surface area contributed by atoms with Gasteiger partial charge in [0.1, 0.15) is 0 Å². The van der Waals surface area contributed by atoms with Crippen molar-refractivity contribution in [1.82, 2.24) is 4.90 Å². The third-order valence-electron chi connectivity index (χ3n) is 2.66. The number of hydrogen-bond donors (Lipinski definition) is 1. The van der Waals surface area contributed by atoms with Gasteiger partial charge in [-0.05, 0) is 18.1 Å². The van der Waals surface area contributed by atoms with Gasteiger partial charge in [0, 0.05) is 30.7 Å². The first-order valence-electron chi connectivity index (χ1n) is 4.97. The summed E-state index contributed by atoms with van der Waals surface area (Å²) >= 11 is 6.08. The smallest absolute Gasteiger partial charge is 0.0451 e. The highest BCUT2D eigenvalue weighted by Crippen LogP contribution is 2.19. The van der Waals surface area contributed by atoms with Gasteiger partial charge in [-0.15, -0.1) is 12.4 Å². The SMILES string of the molecule is Cl.NC1CCN(Cc2ccccc2Cl)C1. The van der Waals surface area contributed by atoms with Gasteiger partial charge in [0.25, 0.3) is 0 Å². The fourth-order valence-corrected chi connectivity index (χ4v) is 2.07. The monoisotopic (exact) mass is 246 g/mol. The molecule has 0 amide bonds. The molecule has 0 saturated carbocycles. The van der Waals surface area contributed by atoms with Crippen LogP contribution in [0.1, 0.15) is 12.0 Å². The summed E-state index contributed by atoms with van der Waals surface area (Å²) in [4.78, 5) is 2.35. The van der Waals surface area contributed by atoms with Gasteiger partial charge >= 0.3 is 0 Å². The summed E-state index contributed by atoms with van der Waals surface area (Å²) in [6.07, 6.45) is 1.10. The lowest BCUT2D eigenvalue weighted by molar-refractivity contribution is 0.327. The Morgan fingerprint density at radius 2 is 2.13 bits per heavy atom. The molecule has 0 aromatic heterocycles. The summed E-state index contributed by atoms with van der Waals surface area (Å²) in [6, 6.07) is 8.34. The molecule has 1 unspecified atom stereocenters. The Kier molecular flexibility index (Phi) is 4.87. The van der Waals surface area contributed by atoms with E-state index in [0.717, 1.165) is 31.1 Å². The molecule has 1 heterocycles. The van der Waals surface area contributed by atoms with Crippen molar-refractivity contribution in [2.75, 3.05) is 13.1 Å². The molecular formula is C11H16Cl2N2. The van der Waals surface area contributed by atoms with E-state index in [9.17, 15) is 0 Å². The zero-order chi connectivity index (χ0) is 9.97. The van der Waals surface area contributed by atoms with Gasteiger partial charge in [-0.3, -0.25) is 4.90 Å². The van der Waals surface area contributed by atoms with Crippen LogP contribution in [0.2, 0.25) is 5.02 Å². The van der Waals surface area contributed by atoms with Crippen LogP contribution in [0.25, 0.3) is 0 Å². The number of benzene rings is 1. The van der Waals surface area contributed by atoms with E-state index in [1.165, 1.54) is 5.56 Å². The first-order valence-corrected chi connectivity index (χ1v) is 5.35. The average Bonchev–Trinajstić information content (AvgIpc) is 2.56. The maximum atomic E-state index is 6.08. The van der Waals surface area contributed by atoms with Crippen LogP contribution in [0.15, 0.2) is 24.3 Å². The Bertz CT molecular complexity index is 317. The van der Waals surface area contributed by atoms with Crippen molar-refractivity contribution in [1.29, 1.82) is 0 Å². The van der Waals surface area contributed by atoms with Crippen molar-refractivity contribution in [2.24, 2.45) is 5.73 Å². The Morgan fingerprint density at radius 1 is 1.40 bits per heavy atom. The van der Waals surface area contributed by atoms with Crippen molar-refractivity contribution >= 4 is 24.0 Å². The molecule has 1 aliphatic rings. The lowest BCUT2D eigenvalue weighted by Crippen LogP contribution is -2.26. The van der Waals surface area contributed by atoms with Gasteiger partial charge < -0.3 is 5.73 Å². The molecule has 1 saturated heterocycles. The topological polar surface area (TPSA) is 29.3 Å². The maximum Gasteiger partial charge on any atom is 0.0451 e. The van der Waals surface area contributed by atoms with Crippen LogP contribution in [-0.4, -0.2) is 24.0 Å². The fourth-order valence-electron chi connectivity index (χ4n) is 1.87. The molecule has 84 valence electrons. The second-order valence-corrected chi connectivity index (χ2v) is 4.28. The molecule has 1 aromatic rings. The minimum absolute atomic E-state index is 0. The Balaban J connectivity index is 0.00000112. The molecule has 0 aliphatic carbocycles. The number of nitrogens with two attached hydrogens (primary N) is 1. The van der Waals surface area contributed by atoms with E-state index in [1.54, 1.807) is 0 Å². The highest BCUT2D eigenvalue weighted by atomic mass is 35.5. The molecule has 0 spiro atoms. The van der Waals surface area contributed by atoms with Crippen LogP contribution in [0, 0.1) is 0 Å². The molecule has 2 N–H and O–H groups in total.